The minimum absolute atomic E-state index is 0.0881. The molecule has 0 unspecified atom stereocenters. The second-order valence-corrected chi connectivity index (χ2v) is 4.65. The first-order chi connectivity index (χ1) is 8.49. The molecule has 2 rings (SSSR count). The second-order valence-electron chi connectivity index (χ2n) is 4.65. The standard InChI is InChI=1S/C13H16N2O3/c1-14(2)10-3-5-11(6-4-10)15-8-9(13(17)18)7-12(15)16/h3-6,9H,7-8H2,1-2H3,(H,17,18)/t9-/m1/s1. The minimum atomic E-state index is -0.907. The highest BCUT2D eigenvalue weighted by atomic mass is 16.4. The van der Waals surface area contributed by atoms with Crippen molar-refractivity contribution in [3.63, 3.8) is 0 Å². The summed E-state index contributed by atoms with van der Waals surface area (Å²) in [6, 6.07) is 7.52. The normalized spacial score (nSPS) is 19.1. The van der Waals surface area contributed by atoms with Gasteiger partial charge in [-0.05, 0) is 24.3 Å². The molecule has 0 saturated carbocycles. The van der Waals surface area contributed by atoms with Gasteiger partial charge in [0.05, 0.1) is 5.92 Å². The molecule has 0 aliphatic carbocycles. The van der Waals surface area contributed by atoms with Gasteiger partial charge in [-0.2, -0.15) is 0 Å². The van der Waals surface area contributed by atoms with Crippen LogP contribution in [0.2, 0.25) is 0 Å². The maximum absolute atomic E-state index is 11.8. The van der Waals surface area contributed by atoms with E-state index in [1.807, 2.05) is 43.3 Å². The molecule has 0 radical (unpaired) electrons. The minimum Gasteiger partial charge on any atom is -0.481 e. The van der Waals surface area contributed by atoms with E-state index in [2.05, 4.69) is 0 Å². The number of carbonyl (C=O) groups is 2. The van der Waals surface area contributed by atoms with Gasteiger partial charge in [-0.15, -0.1) is 0 Å². The van der Waals surface area contributed by atoms with Gasteiger partial charge in [0, 0.05) is 38.4 Å². The number of benzene rings is 1. The lowest BCUT2D eigenvalue weighted by Crippen LogP contribution is -2.25. The molecule has 1 atom stereocenters. The molecule has 96 valence electrons. The lowest BCUT2D eigenvalue weighted by Gasteiger charge is -2.18. The molecule has 1 aromatic rings. The summed E-state index contributed by atoms with van der Waals surface area (Å²) in [5.41, 5.74) is 1.80. The summed E-state index contributed by atoms with van der Waals surface area (Å²) >= 11 is 0. The van der Waals surface area contributed by atoms with E-state index >= 15 is 0 Å². The fraction of sp³-hybridized carbons (Fsp3) is 0.385. The Bertz CT molecular complexity index is 468. The highest BCUT2D eigenvalue weighted by Gasteiger charge is 2.34. The number of carbonyl (C=O) groups excluding carboxylic acids is 1. The number of hydrogen-bond acceptors (Lipinski definition) is 3. The predicted octanol–water partition coefficient (Wildman–Crippen LogP) is 1.19. The lowest BCUT2D eigenvalue weighted by atomic mass is 10.1. The Morgan fingerprint density at radius 2 is 1.94 bits per heavy atom. The van der Waals surface area contributed by atoms with Crippen molar-refractivity contribution in [1.29, 1.82) is 0 Å². The first kappa shape index (κ1) is 12.4. The fourth-order valence-electron chi connectivity index (χ4n) is 2.05. The Hall–Kier alpha value is -2.04. The molecule has 1 aromatic carbocycles. The van der Waals surface area contributed by atoms with Gasteiger partial charge < -0.3 is 14.9 Å². The molecular weight excluding hydrogens is 232 g/mol. The average molecular weight is 248 g/mol. The van der Waals surface area contributed by atoms with Crippen LogP contribution in [0.15, 0.2) is 24.3 Å². The summed E-state index contributed by atoms with van der Waals surface area (Å²) in [6.07, 6.45) is 0.0881. The van der Waals surface area contributed by atoms with Crippen molar-refractivity contribution in [3.8, 4) is 0 Å². The molecule has 1 fully saturated rings. The Morgan fingerprint density at radius 1 is 1.33 bits per heavy atom. The largest absolute Gasteiger partial charge is 0.481 e. The topological polar surface area (TPSA) is 60.9 Å². The first-order valence-corrected chi connectivity index (χ1v) is 5.79. The Balaban J connectivity index is 2.17. The zero-order valence-corrected chi connectivity index (χ0v) is 10.5. The molecule has 5 nitrogen and oxygen atoms in total. The lowest BCUT2D eigenvalue weighted by molar-refractivity contribution is -0.141. The maximum atomic E-state index is 11.8. The van der Waals surface area contributed by atoms with Crippen molar-refractivity contribution in [2.24, 2.45) is 5.92 Å². The number of carboxylic acid groups (broad SMARTS) is 1. The molecule has 1 heterocycles. The molecular formula is C13H16N2O3. The third-order valence-corrected chi connectivity index (χ3v) is 3.15. The zero-order chi connectivity index (χ0) is 13.3. The predicted molar refractivity (Wildman–Crippen MR) is 68.9 cm³/mol. The van der Waals surface area contributed by atoms with Gasteiger partial charge >= 0.3 is 5.97 Å². The summed E-state index contributed by atoms with van der Waals surface area (Å²) in [7, 11) is 3.88. The number of carboxylic acids is 1. The quantitative estimate of drug-likeness (QED) is 0.872. The van der Waals surface area contributed by atoms with E-state index in [-0.39, 0.29) is 18.9 Å². The molecule has 5 heteroatoms. The van der Waals surface area contributed by atoms with Gasteiger partial charge in [-0.3, -0.25) is 9.59 Å². The third kappa shape index (κ3) is 2.30. The van der Waals surface area contributed by atoms with Gasteiger partial charge in [0.15, 0.2) is 0 Å². The molecule has 1 saturated heterocycles. The highest BCUT2D eigenvalue weighted by molar-refractivity contribution is 5.99. The number of rotatable bonds is 3. The summed E-state index contributed by atoms with van der Waals surface area (Å²) in [6.45, 7) is 0.259. The zero-order valence-electron chi connectivity index (χ0n) is 10.5. The monoisotopic (exact) mass is 248 g/mol. The highest BCUT2D eigenvalue weighted by Crippen LogP contribution is 2.26. The second kappa shape index (κ2) is 4.68. The smallest absolute Gasteiger partial charge is 0.308 e. The summed E-state index contributed by atoms with van der Waals surface area (Å²) in [5.74, 6) is -1.62. The van der Waals surface area contributed by atoms with Crippen molar-refractivity contribution in [3.05, 3.63) is 24.3 Å². The Kier molecular flexibility index (Phi) is 3.23. The first-order valence-electron chi connectivity index (χ1n) is 5.79. The van der Waals surface area contributed by atoms with Crippen LogP contribution in [0, 0.1) is 5.92 Å². The van der Waals surface area contributed by atoms with E-state index < -0.39 is 11.9 Å². The number of hydrogen-bond donors (Lipinski definition) is 1. The van der Waals surface area contributed by atoms with Crippen LogP contribution >= 0.6 is 0 Å². The Morgan fingerprint density at radius 3 is 2.39 bits per heavy atom. The van der Waals surface area contributed by atoms with Gasteiger partial charge in [0.2, 0.25) is 5.91 Å². The number of aliphatic carboxylic acids is 1. The molecule has 1 amide bonds. The fourth-order valence-corrected chi connectivity index (χ4v) is 2.05. The van der Waals surface area contributed by atoms with Crippen LogP contribution in [0.25, 0.3) is 0 Å². The van der Waals surface area contributed by atoms with E-state index in [0.717, 1.165) is 11.4 Å². The molecule has 1 N–H and O–H groups in total. The third-order valence-electron chi connectivity index (χ3n) is 3.15. The Labute approximate surface area is 106 Å². The van der Waals surface area contributed by atoms with Crippen LogP contribution in [0.5, 0.6) is 0 Å². The SMILES string of the molecule is CN(C)c1ccc(N2C[C@H](C(=O)O)CC2=O)cc1. The van der Waals surface area contributed by atoms with Crippen molar-refractivity contribution < 1.29 is 14.7 Å². The molecule has 0 aromatic heterocycles. The maximum Gasteiger partial charge on any atom is 0.308 e. The van der Waals surface area contributed by atoms with E-state index in [1.54, 1.807) is 0 Å². The van der Waals surface area contributed by atoms with Gasteiger partial charge in [-0.1, -0.05) is 0 Å². The molecule has 18 heavy (non-hydrogen) atoms. The van der Waals surface area contributed by atoms with Crippen LogP contribution in [0.3, 0.4) is 0 Å². The van der Waals surface area contributed by atoms with E-state index in [1.165, 1.54) is 4.90 Å². The van der Waals surface area contributed by atoms with Crippen LogP contribution < -0.4 is 9.80 Å². The van der Waals surface area contributed by atoms with Crippen molar-refractivity contribution in [2.45, 2.75) is 6.42 Å². The molecule has 1 aliphatic heterocycles. The van der Waals surface area contributed by atoms with Gasteiger partial charge in [0.1, 0.15) is 0 Å². The number of amides is 1. The van der Waals surface area contributed by atoms with Crippen LogP contribution in [0.1, 0.15) is 6.42 Å². The van der Waals surface area contributed by atoms with Crippen LogP contribution in [-0.4, -0.2) is 37.6 Å². The van der Waals surface area contributed by atoms with E-state index in [4.69, 9.17) is 5.11 Å². The summed E-state index contributed by atoms with van der Waals surface area (Å²) in [4.78, 5) is 26.2. The van der Waals surface area contributed by atoms with Crippen LogP contribution in [0.4, 0.5) is 11.4 Å². The van der Waals surface area contributed by atoms with E-state index in [0.29, 0.717) is 0 Å². The van der Waals surface area contributed by atoms with Gasteiger partial charge in [-0.25, -0.2) is 0 Å². The number of anilines is 2. The van der Waals surface area contributed by atoms with Gasteiger partial charge in [0.25, 0.3) is 0 Å². The van der Waals surface area contributed by atoms with Crippen molar-refractivity contribution >= 4 is 23.3 Å². The summed E-state index contributed by atoms with van der Waals surface area (Å²) < 4.78 is 0. The average Bonchev–Trinajstić information content (AvgIpc) is 2.71. The molecule has 0 bridgehead atoms. The number of nitrogens with zero attached hydrogens (tertiary/aromatic N) is 2. The molecule has 0 spiro atoms. The van der Waals surface area contributed by atoms with Crippen molar-refractivity contribution in [2.75, 3.05) is 30.4 Å². The molecule has 1 aliphatic rings. The van der Waals surface area contributed by atoms with Crippen molar-refractivity contribution in [1.82, 2.24) is 0 Å². The van der Waals surface area contributed by atoms with E-state index in [9.17, 15) is 9.59 Å². The summed E-state index contributed by atoms with van der Waals surface area (Å²) in [5, 5.41) is 8.93. The van der Waals surface area contributed by atoms with Crippen LogP contribution in [-0.2, 0) is 9.59 Å².